The predicted molar refractivity (Wildman–Crippen MR) is 63.8 cm³/mol. The molecule has 1 aliphatic rings. The number of ether oxygens (including phenoxy) is 1. The number of pyridine rings is 1. The third-order valence-corrected chi connectivity index (χ3v) is 3.10. The number of carbonyl (C=O) groups excluding carboxylic acids is 1. The first-order valence-corrected chi connectivity index (χ1v) is 5.94. The fourth-order valence-electron chi connectivity index (χ4n) is 2.12. The van der Waals surface area contributed by atoms with Crippen molar-refractivity contribution in [1.82, 2.24) is 10.3 Å². The van der Waals surface area contributed by atoms with Gasteiger partial charge in [-0.15, -0.1) is 0 Å². The monoisotopic (exact) mass is 271 g/mol. The van der Waals surface area contributed by atoms with Crippen molar-refractivity contribution in [2.24, 2.45) is 5.73 Å². The van der Waals surface area contributed by atoms with Gasteiger partial charge < -0.3 is 15.8 Å². The molecule has 5 nitrogen and oxygen atoms in total. The van der Waals surface area contributed by atoms with Gasteiger partial charge in [0.1, 0.15) is 6.61 Å². The molecule has 1 amide bonds. The number of primary amides is 1. The number of nitrogens with zero attached hydrogens (tertiary/aromatic N) is 1. The Balaban J connectivity index is 2.15. The highest BCUT2D eigenvalue weighted by atomic mass is 19.3. The van der Waals surface area contributed by atoms with Gasteiger partial charge >= 0.3 is 6.09 Å². The van der Waals surface area contributed by atoms with E-state index in [0.29, 0.717) is 17.8 Å². The van der Waals surface area contributed by atoms with E-state index in [9.17, 15) is 13.6 Å². The van der Waals surface area contributed by atoms with Crippen molar-refractivity contribution < 1.29 is 18.3 Å². The van der Waals surface area contributed by atoms with E-state index in [-0.39, 0.29) is 19.6 Å². The summed E-state index contributed by atoms with van der Waals surface area (Å²) in [5, 5.41) is 2.95. The first-order chi connectivity index (χ1) is 8.99. The zero-order valence-electron chi connectivity index (χ0n) is 10.2. The predicted octanol–water partition coefficient (Wildman–Crippen LogP) is 1.39. The molecule has 3 N–H and O–H groups in total. The molecule has 1 saturated heterocycles. The third-order valence-electron chi connectivity index (χ3n) is 3.10. The topological polar surface area (TPSA) is 77.2 Å². The van der Waals surface area contributed by atoms with Gasteiger partial charge in [-0.1, -0.05) is 0 Å². The van der Waals surface area contributed by atoms with Crippen LogP contribution in [-0.2, 0) is 11.3 Å². The van der Waals surface area contributed by atoms with Crippen molar-refractivity contribution in [3.05, 3.63) is 29.6 Å². The van der Waals surface area contributed by atoms with Crippen molar-refractivity contribution in [3.8, 4) is 0 Å². The van der Waals surface area contributed by atoms with E-state index in [2.05, 4.69) is 15.0 Å². The summed E-state index contributed by atoms with van der Waals surface area (Å²) in [5.41, 5.74) is 5.73. The smallest absolute Gasteiger partial charge is 0.404 e. The molecule has 0 bridgehead atoms. The Kier molecular flexibility index (Phi) is 3.94. The Morgan fingerprint density at radius 1 is 1.63 bits per heavy atom. The van der Waals surface area contributed by atoms with Crippen LogP contribution in [0.4, 0.5) is 13.6 Å². The highest BCUT2D eigenvalue weighted by molar-refractivity contribution is 5.64. The van der Waals surface area contributed by atoms with Gasteiger partial charge in [0.2, 0.25) is 0 Å². The summed E-state index contributed by atoms with van der Waals surface area (Å²) < 4.78 is 32.3. The average molecular weight is 271 g/mol. The van der Waals surface area contributed by atoms with E-state index in [1.165, 1.54) is 12.3 Å². The number of amides is 1. The van der Waals surface area contributed by atoms with Crippen molar-refractivity contribution in [2.75, 3.05) is 13.1 Å². The minimum absolute atomic E-state index is 0.116. The van der Waals surface area contributed by atoms with Crippen LogP contribution in [0.25, 0.3) is 0 Å². The summed E-state index contributed by atoms with van der Waals surface area (Å²) in [6, 6.07) is 3.08. The molecule has 0 aromatic carbocycles. The molecule has 1 aromatic rings. The van der Waals surface area contributed by atoms with Gasteiger partial charge in [-0.3, -0.25) is 4.98 Å². The highest BCUT2D eigenvalue weighted by Crippen LogP contribution is 2.37. The lowest BCUT2D eigenvalue weighted by atomic mass is 9.88. The molecule has 1 fully saturated rings. The summed E-state index contributed by atoms with van der Waals surface area (Å²) in [6.07, 6.45) is 0.323. The van der Waals surface area contributed by atoms with Crippen molar-refractivity contribution >= 4 is 6.09 Å². The first kappa shape index (κ1) is 13.7. The minimum Gasteiger partial charge on any atom is -0.443 e. The van der Waals surface area contributed by atoms with Gasteiger partial charge in [0.25, 0.3) is 5.92 Å². The van der Waals surface area contributed by atoms with E-state index in [4.69, 9.17) is 5.73 Å². The maximum Gasteiger partial charge on any atom is 0.404 e. The lowest BCUT2D eigenvalue weighted by Gasteiger charge is -2.32. The van der Waals surface area contributed by atoms with E-state index >= 15 is 0 Å². The van der Waals surface area contributed by atoms with Crippen molar-refractivity contribution in [2.45, 2.75) is 24.9 Å². The second-order valence-electron chi connectivity index (χ2n) is 4.46. The lowest BCUT2D eigenvalue weighted by molar-refractivity contribution is -0.0479. The van der Waals surface area contributed by atoms with E-state index < -0.39 is 17.9 Å². The summed E-state index contributed by atoms with van der Waals surface area (Å²) in [7, 11) is 0. The molecule has 0 saturated carbocycles. The normalized spacial score (nSPS) is 21.9. The van der Waals surface area contributed by atoms with Gasteiger partial charge in [-0.2, -0.15) is 0 Å². The van der Waals surface area contributed by atoms with Gasteiger partial charge in [0.05, 0.1) is 11.6 Å². The number of piperidine rings is 1. The van der Waals surface area contributed by atoms with Gasteiger partial charge in [-0.25, -0.2) is 13.6 Å². The number of nitrogens with two attached hydrogens (primary N) is 1. The number of halogens is 2. The van der Waals surface area contributed by atoms with Crippen LogP contribution in [0.2, 0.25) is 0 Å². The zero-order chi connectivity index (χ0) is 13.9. The largest absolute Gasteiger partial charge is 0.443 e. The molecular formula is C12H15F2N3O2. The quantitative estimate of drug-likeness (QED) is 0.871. The van der Waals surface area contributed by atoms with E-state index in [1.807, 2.05) is 0 Å². The molecule has 0 radical (unpaired) electrons. The number of hydrogen-bond acceptors (Lipinski definition) is 4. The second-order valence-corrected chi connectivity index (χ2v) is 4.46. The summed E-state index contributed by atoms with van der Waals surface area (Å²) in [6.45, 7) is 0.411. The summed E-state index contributed by atoms with van der Waals surface area (Å²) >= 11 is 0. The number of alkyl halides is 2. The molecule has 7 heteroatoms. The number of carbonyl (C=O) groups is 1. The number of aromatic nitrogens is 1. The molecule has 1 atom stereocenters. The summed E-state index contributed by atoms with van der Waals surface area (Å²) in [5.74, 6) is -3.63. The molecule has 1 aromatic heterocycles. The van der Waals surface area contributed by atoms with Crippen LogP contribution in [0.5, 0.6) is 0 Å². The van der Waals surface area contributed by atoms with Crippen LogP contribution in [0.15, 0.2) is 18.3 Å². The fourth-order valence-corrected chi connectivity index (χ4v) is 2.12. The molecule has 104 valence electrons. The maximum atomic E-state index is 13.8. The number of rotatable bonds is 3. The molecule has 1 unspecified atom stereocenters. The van der Waals surface area contributed by atoms with Crippen LogP contribution >= 0.6 is 0 Å². The molecule has 1 aliphatic heterocycles. The zero-order valence-corrected chi connectivity index (χ0v) is 10.2. The average Bonchev–Trinajstić information content (AvgIpc) is 2.36. The second kappa shape index (κ2) is 5.48. The van der Waals surface area contributed by atoms with Gasteiger partial charge in [-0.05, 0) is 17.7 Å². The fraction of sp³-hybridized carbons (Fsp3) is 0.500. The Bertz CT molecular complexity index is 468. The molecule has 0 spiro atoms. The molecule has 2 rings (SSSR count). The van der Waals surface area contributed by atoms with Gasteiger partial charge in [0, 0.05) is 25.7 Å². The van der Waals surface area contributed by atoms with Crippen LogP contribution in [0.3, 0.4) is 0 Å². The SMILES string of the molecule is NC(=O)OCc1cc(C2CNCCC2(F)F)ccn1. The lowest BCUT2D eigenvalue weighted by Crippen LogP contribution is -2.43. The number of nitrogens with one attached hydrogen (secondary N) is 1. The first-order valence-electron chi connectivity index (χ1n) is 5.94. The Morgan fingerprint density at radius 2 is 2.42 bits per heavy atom. The minimum atomic E-state index is -2.74. The standard InChI is InChI=1S/C12H15F2N3O2/c13-12(14)2-4-16-6-10(12)8-1-3-17-9(5-8)7-19-11(15)18/h1,3,5,10,16H,2,4,6-7H2,(H2,15,18). The Labute approximate surface area is 109 Å². The maximum absolute atomic E-state index is 13.8. The van der Waals surface area contributed by atoms with Crippen molar-refractivity contribution in [1.29, 1.82) is 0 Å². The van der Waals surface area contributed by atoms with Crippen LogP contribution < -0.4 is 11.1 Å². The Morgan fingerprint density at radius 3 is 3.11 bits per heavy atom. The molecule has 2 heterocycles. The van der Waals surface area contributed by atoms with Crippen LogP contribution in [0, 0.1) is 0 Å². The molecule has 0 aliphatic carbocycles. The summed E-state index contributed by atoms with van der Waals surface area (Å²) in [4.78, 5) is 14.5. The Hall–Kier alpha value is -1.76. The van der Waals surface area contributed by atoms with Crippen molar-refractivity contribution in [3.63, 3.8) is 0 Å². The van der Waals surface area contributed by atoms with Crippen LogP contribution in [-0.4, -0.2) is 30.1 Å². The third kappa shape index (κ3) is 3.37. The highest BCUT2D eigenvalue weighted by Gasteiger charge is 2.42. The van der Waals surface area contributed by atoms with Crippen LogP contribution in [0.1, 0.15) is 23.6 Å². The van der Waals surface area contributed by atoms with E-state index in [0.717, 1.165) is 0 Å². The molecule has 19 heavy (non-hydrogen) atoms. The number of hydrogen-bond donors (Lipinski definition) is 2. The molecular weight excluding hydrogens is 256 g/mol. The van der Waals surface area contributed by atoms with E-state index in [1.54, 1.807) is 6.07 Å². The van der Waals surface area contributed by atoms with Gasteiger partial charge in [0.15, 0.2) is 0 Å².